The molecule has 1 aromatic carbocycles. The largest absolute Gasteiger partial charge is 0.476 e. The van der Waals surface area contributed by atoms with E-state index in [-0.39, 0.29) is 5.69 Å². The molecule has 0 radical (unpaired) electrons. The minimum Gasteiger partial charge on any atom is -0.476 e. The van der Waals surface area contributed by atoms with Crippen molar-refractivity contribution >= 4 is 23.3 Å². The Kier molecular flexibility index (Phi) is 3.50. The molecular weight excluding hydrogens is 311 g/mol. The summed E-state index contributed by atoms with van der Waals surface area (Å²) < 4.78 is 14.3. The average molecular weight is 323 g/mol. The van der Waals surface area contributed by atoms with Crippen molar-refractivity contribution in [1.29, 1.82) is 0 Å². The molecule has 0 saturated carbocycles. The van der Waals surface area contributed by atoms with Gasteiger partial charge in [-0.25, -0.2) is 14.2 Å². The summed E-state index contributed by atoms with van der Waals surface area (Å²) in [5.74, 6) is -2.23. The van der Waals surface area contributed by atoms with Gasteiger partial charge in [-0.1, -0.05) is 23.7 Å². The number of benzene rings is 1. The van der Waals surface area contributed by atoms with E-state index in [1.807, 2.05) is 0 Å². The quantitative estimate of drug-likeness (QED) is 0.788. The molecule has 1 atom stereocenters. The first kappa shape index (κ1) is 14.7. The van der Waals surface area contributed by atoms with Gasteiger partial charge >= 0.3 is 5.97 Å². The molecule has 3 rings (SSSR count). The zero-order valence-corrected chi connectivity index (χ0v) is 12.1. The van der Waals surface area contributed by atoms with Gasteiger partial charge in [-0.15, -0.1) is 0 Å². The SMILES string of the molecule is Nc1c(F)c(-c2ccc3c(c2)CC(O)C3)nc(C(=O)O)c1Cl. The average Bonchev–Trinajstić information content (AvgIpc) is 2.83. The minimum absolute atomic E-state index is 0.163. The highest BCUT2D eigenvalue weighted by Crippen LogP contribution is 2.34. The summed E-state index contributed by atoms with van der Waals surface area (Å²) >= 11 is 5.72. The fraction of sp³-hybridized carbons (Fsp3) is 0.200. The monoisotopic (exact) mass is 322 g/mol. The van der Waals surface area contributed by atoms with Crippen LogP contribution in [0.3, 0.4) is 0 Å². The van der Waals surface area contributed by atoms with Crippen LogP contribution in [-0.2, 0) is 12.8 Å². The zero-order chi connectivity index (χ0) is 16.0. The van der Waals surface area contributed by atoms with Crippen LogP contribution in [0, 0.1) is 5.82 Å². The minimum atomic E-state index is -1.38. The second-order valence-electron chi connectivity index (χ2n) is 5.20. The molecule has 0 amide bonds. The van der Waals surface area contributed by atoms with Crippen LogP contribution in [0.25, 0.3) is 11.3 Å². The van der Waals surface area contributed by atoms with E-state index in [1.165, 1.54) is 0 Å². The molecule has 2 aromatic rings. The number of halogens is 2. The molecule has 4 N–H and O–H groups in total. The highest BCUT2D eigenvalue weighted by atomic mass is 35.5. The van der Waals surface area contributed by atoms with Crippen LogP contribution in [0.1, 0.15) is 21.6 Å². The number of nitrogens with zero attached hydrogens (tertiary/aromatic N) is 1. The Morgan fingerprint density at radius 1 is 1.36 bits per heavy atom. The lowest BCUT2D eigenvalue weighted by atomic mass is 10.0. The number of carboxylic acids is 1. The zero-order valence-electron chi connectivity index (χ0n) is 11.3. The van der Waals surface area contributed by atoms with Crippen molar-refractivity contribution in [3.8, 4) is 11.3 Å². The normalized spacial score (nSPS) is 16.6. The van der Waals surface area contributed by atoms with E-state index in [9.17, 15) is 14.3 Å². The van der Waals surface area contributed by atoms with Gasteiger partial charge in [0.1, 0.15) is 5.69 Å². The van der Waals surface area contributed by atoms with Crippen LogP contribution in [0.5, 0.6) is 0 Å². The number of pyridine rings is 1. The predicted molar refractivity (Wildman–Crippen MR) is 79.4 cm³/mol. The summed E-state index contributed by atoms with van der Waals surface area (Å²) in [6.07, 6.45) is 0.571. The molecule has 5 nitrogen and oxygen atoms in total. The van der Waals surface area contributed by atoms with Gasteiger partial charge in [0.15, 0.2) is 11.5 Å². The Hall–Kier alpha value is -2.18. The van der Waals surface area contributed by atoms with Crippen molar-refractivity contribution in [1.82, 2.24) is 4.98 Å². The number of fused-ring (bicyclic) bond motifs is 1. The highest BCUT2D eigenvalue weighted by molar-refractivity contribution is 6.35. The maximum Gasteiger partial charge on any atom is 0.356 e. The number of aliphatic hydroxyl groups is 1. The van der Waals surface area contributed by atoms with Crippen molar-refractivity contribution in [3.05, 3.63) is 45.9 Å². The number of nitrogen functional groups attached to an aromatic ring is 1. The van der Waals surface area contributed by atoms with Crippen molar-refractivity contribution in [2.45, 2.75) is 18.9 Å². The van der Waals surface area contributed by atoms with Crippen LogP contribution >= 0.6 is 11.6 Å². The molecule has 22 heavy (non-hydrogen) atoms. The molecule has 0 saturated heterocycles. The third-order valence-electron chi connectivity index (χ3n) is 3.71. The lowest BCUT2D eigenvalue weighted by molar-refractivity contribution is 0.0691. The molecule has 1 aliphatic carbocycles. The van der Waals surface area contributed by atoms with Crippen molar-refractivity contribution < 1.29 is 19.4 Å². The maximum absolute atomic E-state index is 14.3. The van der Waals surface area contributed by atoms with Gasteiger partial charge in [0.05, 0.1) is 16.8 Å². The van der Waals surface area contributed by atoms with E-state index in [0.29, 0.717) is 18.4 Å². The molecule has 7 heteroatoms. The van der Waals surface area contributed by atoms with Gasteiger partial charge in [0, 0.05) is 5.56 Å². The van der Waals surface area contributed by atoms with Gasteiger partial charge in [0.25, 0.3) is 0 Å². The van der Waals surface area contributed by atoms with Gasteiger partial charge in [-0.3, -0.25) is 0 Å². The summed E-state index contributed by atoms with van der Waals surface area (Å²) in [5, 5.41) is 18.3. The number of hydrogen-bond acceptors (Lipinski definition) is 4. The van der Waals surface area contributed by atoms with Crippen LogP contribution in [0.2, 0.25) is 5.02 Å². The van der Waals surface area contributed by atoms with Crippen LogP contribution in [-0.4, -0.2) is 27.3 Å². The molecular formula is C15H12ClFN2O3. The highest BCUT2D eigenvalue weighted by Gasteiger charge is 2.24. The Morgan fingerprint density at radius 3 is 2.73 bits per heavy atom. The van der Waals surface area contributed by atoms with Gasteiger partial charge in [0.2, 0.25) is 0 Å². The Balaban J connectivity index is 2.17. The van der Waals surface area contributed by atoms with E-state index in [0.717, 1.165) is 11.1 Å². The number of anilines is 1. The number of carbonyl (C=O) groups is 1. The molecule has 0 spiro atoms. The third kappa shape index (κ3) is 2.30. The smallest absolute Gasteiger partial charge is 0.356 e. The first-order valence-electron chi connectivity index (χ1n) is 6.56. The number of hydrogen-bond donors (Lipinski definition) is 3. The fourth-order valence-electron chi connectivity index (χ4n) is 2.64. The van der Waals surface area contributed by atoms with Gasteiger partial charge < -0.3 is 15.9 Å². The molecule has 1 unspecified atom stereocenters. The lowest BCUT2D eigenvalue weighted by Crippen LogP contribution is -2.08. The van der Waals surface area contributed by atoms with E-state index >= 15 is 0 Å². The van der Waals surface area contributed by atoms with Gasteiger partial charge in [-0.05, 0) is 30.0 Å². The molecule has 0 aliphatic heterocycles. The third-order valence-corrected chi connectivity index (χ3v) is 4.09. The number of nitrogens with two attached hydrogens (primary N) is 1. The van der Waals surface area contributed by atoms with Gasteiger partial charge in [-0.2, -0.15) is 0 Å². The Bertz CT molecular complexity index is 795. The first-order chi connectivity index (χ1) is 10.4. The summed E-state index contributed by atoms with van der Waals surface area (Å²) in [5.41, 5.74) is 6.72. The summed E-state index contributed by atoms with van der Waals surface area (Å²) in [6, 6.07) is 5.09. The molecule has 1 heterocycles. The fourth-order valence-corrected chi connectivity index (χ4v) is 2.84. The second kappa shape index (κ2) is 5.23. The molecule has 0 fully saturated rings. The summed E-state index contributed by atoms with van der Waals surface area (Å²) in [7, 11) is 0. The molecule has 1 aromatic heterocycles. The van der Waals surface area contributed by atoms with Crippen LogP contribution < -0.4 is 5.73 Å². The van der Waals surface area contributed by atoms with Crippen molar-refractivity contribution in [2.24, 2.45) is 0 Å². The Morgan fingerprint density at radius 2 is 2.05 bits per heavy atom. The predicted octanol–water partition coefficient (Wildman–Crippen LogP) is 2.28. The number of aliphatic hydroxyl groups excluding tert-OH is 1. The second-order valence-corrected chi connectivity index (χ2v) is 5.58. The van der Waals surface area contributed by atoms with Crippen LogP contribution in [0.15, 0.2) is 18.2 Å². The molecule has 0 bridgehead atoms. The number of aromatic carboxylic acids is 1. The van der Waals surface area contributed by atoms with Crippen molar-refractivity contribution in [3.63, 3.8) is 0 Å². The maximum atomic E-state index is 14.3. The Labute approximate surface area is 130 Å². The van der Waals surface area contributed by atoms with E-state index < -0.39 is 34.3 Å². The van der Waals surface area contributed by atoms with Crippen LogP contribution in [0.4, 0.5) is 10.1 Å². The summed E-state index contributed by atoms with van der Waals surface area (Å²) in [6.45, 7) is 0. The van der Waals surface area contributed by atoms with E-state index in [1.54, 1.807) is 18.2 Å². The topological polar surface area (TPSA) is 96.4 Å². The van der Waals surface area contributed by atoms with E-state index in [4.69, 9.17) is 22.4 Å². The summed E-state index contributed by atoms with van der Waals surface area (Å²) in [4.78, 5) is 14.9. The number of aromatic nitrogens is 1. The number of carboxylic acid groups (broad SMARTS) is 1. The molecule has 1 aliphatic rings. The number of rotatable bonds is 2. The van der Waals surface area contributed by atoms with Crippen molar-refractivity contribution in [2.75, 3.05) is 5.73 Å². The standard InChI is InChI=1S/C15H12ClFN2O3/c16-10-12(18)11(17)13(19-14(10)15(21)22)7-2-1-6-4-9(20)5-8(6)3-7/h1-3,9,20H,4-5H2,(H2,18,19)(H,21,22). The first-order valence-corrected chi connectivity index (χ1v) is 6.94. The lowest BCUT2D eigenvalue weighted by Gasteiger charge is -2.10. The van der Waals surface area contributed by atoms with E-state index in [2.05, 4.69) is 4.98 Å². The molecule has 114 valence electrons.